The normalized spacial score (nSPS) is 10.2. The van der Waals surface area contributed by atoms with E-state index < -0.39 is 0 Å². The minimum absolute atomic E-state index is 0.286. The molecule has 0 saturated carbocycles. The van der Waals surface area contributed by atoms with Gasteiger partial charge in [-0.3, -0.25) is 0 Å². The first-order valence-corrected chi connectivity index (χ1v) is 8.19. The Bertz CT molecular complexity index is 1100. The third-order valence-electron chi connectivity index (χ3n) is 4.18. The summed E-state index contributed by atoms with van der Waals surface area (Å²) in [5, 5.41) is 11.7. The Hall–Kier alpha value is -3.50. The maximum Gasteiger partial charge on any atom is 0.116 e. The zero-order chi connectivity index (χ0) is 17.1. The molecule has 0 radical (unpaired) electrons. The van der Waals surface area contributed by atoms with Gasteiger partial charge < -0.3 is 5.11 Å². The maximum absolute atomic E-state index is 9.62. The zero-order valence-electron chi connectivity index (χ0n) is 13.6. The number of hydrogen-bond donors (Lipinski definition) is 1. The van der Waals surface area contributed by atoms with E-state index in [1.54, 1.807) is 12.1 Å². The monoisotopic (exact) mass is 320 g/mol. The lowest BCUT2D eigenvalue weighted by molar-refractivity contribution is 0.476. The maximum atomic E-state index is 9.62. The molecule has 0 heterocycles. The topological polar surface area (TPSA) is 20.2 Å². The summed E-state index contributed by atoms with van der Waals surface area (Å²) in [6, 6.07) is 29.9. The number of fused-ring (bicyclic) bond motifs is 1. The first-order valence-electron chi connectivity index (χ1n) is 8.19. The molecule has 4 aromatic carbocycles. The van der Waals surface area contributed by atoms with Crippen molar-refractivity contribution in [1.29, 1.82) is 0 Å². The summed E-state index contributed by atoms with van der Waals surface area (Å²) in [6.07, 6.45) is 0. The van der Waals surface area contributed by atoms with Crippen molar-refractivity contribution in [2.75, 3.05) is 0 Å². The van der Waals surface area contributed by atoms with Gasteiger partial charge in [0.15, 0.2) is 0 Å². The molecular weight excluding hydrogens is 304 g/mol. The number of phenolic OH excluding ortho intramolecular Hbond substituents is 1. The molecular formula is C24H16O. The van der Waals surface area contributed by atoms with Gasteiger partial charge in [0.25, 0.3) is 0 Å². The molecule has 4 rings (SSSR count). The van der Waals surface area contributed by atoms with Gasteiger partial charge in [-0.05, 0) is 58.3 Å². The van der Waals surface area contributed by atoms with Crippen LogP contribution in [-0.4, -0.2) is 5.11 Å². The van der Waals surface area contributed by atoms with Gasteiger partial charge in [-0.25, -0.2) is 0 Å². The van der Waals surface area contributed by atoms with Gasteiger partial charge in [0.1, 0.15) is 5.75 Å². The lowest BCUT2D eigenvalue weighted by Gasteiger charge is -2.07. The van der Waals surface area contributed by atoms with E-state index in [1.807, 2.05) is 60.7 Å². The lowest BCUT2D eigenvalue weighted by atomic mass is 9.97. The Morgan fingerprint density at radius 2 is 1.32 bits per heavy atom. The number of aromatic hydroxyl groups is 1. The van der Waals surface area contributed by atoms with Gasteiger partial charge in [0.05, 0.1) is 0 Å². The van der Waals surface area contributed by atoms with E-state index in [2.05, 4.69) is 30.0 Å². The predicted molar refractivity (Wildman–Crippen MR) is 103 cm³/mol. The summed E-state index contributed by atoms with van der Waals surface area (Å²) in [4.78, 5) is 0. The Kier molecular flexibility index (Phi) is 3.94. The van der Waals surface area contributed by atoms with Crippen LogP contribution in [0.25, 0.3) is 21.9 Å². The summed E-state index contributed by atoms with van der Waals surface area (Å²) >= 11 is 0. The fraction of sp³-hybridized carbons (Fsp3) is 0. The van der Waals surface area contributed by atoms with E-state index in [9.17, 15) is 5.11 Å². The average Bonchev–Trinajstić information content (AvgIpc) is 2.67. The molecule has 1 N–H and O–H groups in total. The summed E-state index contributed by atoms with van der Waals surface area (Å²) in [7, 11) is 0. The molecule has 0 aromatic heterocycles. The van der Waals surface area contributed by atoms with Crippen LogP contribution in [0, 0.1) is 11.8 Å². The molecule has 118 valence electrons. The number of phenols is 1. The van der Waals surface area contributed by atoms with Crippen molar-refractivity contribution in [3.05, 3.63) is 102 Å². The third-order valence-corrected chi connectivity index (χ3v) is 4.18. The highest BCUT2D eigenvalue weighted by Gasteiger charge is 2.04. The highest BCUT2D eigenvalue weighted by atomic mass is 16.3. The average molecular weight is 320 g/mol. The standard InChI is InChI=1S/C24H16O/c25-23-15-14-20-16-22(13-12-21(20)17-23)24-9-5-4-8-19(24)11-10-18-6-2-1-3-7-18/h1-9,12-17,25H. The molecule has 0 aliphatic heterocycles. The molecule has 0 aliphatic carbocycles. The second-order valence-electron chi connectivity index (χ2n) is 5.91. The van der Waals surface area contributed by atoms with Gasteiger partial charge >= 0.3 is 0 Å². The van der Waals surface area contributed by atoms with Gasteiger partial charge in [-0.1, -0.05) is 66.4 Å². The first kappa shape index (κ1) is 15.1. The smallest absolute Gasteiger partial charge is 0.116 e. The third kappa shape index (κ3) is 3.24. The Labute approximate surface area is 147 Å². The summed E-state index contributed by atoms with van der Waals surface area (Å²) in [6.45, 7) is 0. The molecule has 0 atom stereocenters. The van der Waals surface area contributed by atoms with Crippen LogP contribution in [-0.2, 0) is 0 Å². The van der Waals surface area contributed by atoms with Crippen molar-refractivity contribution >= 4 is 10.8 Å². The van der Waals surface area contributed by atoms with Crippen molar-refractivity contribution in [2.24, 2.45) is 0 Å². The number of hydrogen-bond acceptors (Lipinski definition) is 1. The van der Waals surface area contributed by atoms with E-state index in [0.717, 1.165) is 33.0 Å². The van der Waals surface area contributed by atoms with Crippen LogP contribution in [0.3, 0.4) is 0 Å². The SMILES string of the molecule is Oc1ccc2cc(-c3ccccc3C#Cc3ccccc3)ccc2c1. The van der Waals surface area contributed by atoms with Crippen molar-refractivity contribution in [2.45, 2.75) is 0 Å². The fourth-order valence-corrected chi connectivity index (χ4v) is 2.91. The molecule has 25 heavy (non-hydrogen) atoms. The minimum atomic E-state index is 0.286. The quantitative estimate of drug-likeness (QED) is 0.452. The van der Waals surface area contributed by atoms with E-state index in [-0.39, 0.29) is 5.75 Å². The van der Waals surface area contributed by atoms with E-state index in [0.29, 0.717) is 0 Å². The van der Waals surface area contributed by atoms with Crippen LogP contribution in [0.15, 0.2) is 91.0 Å². The second-order valence-corrected chi connectivity index (χ2v) is 5.91. The van der Waals surface area contributed by atoms with Crippen molar-refractivity contribution in [3.63, 3.8) is 0 Å². The van der Waals surface area contributed by atoms with E-state index in [4.69, 9.17) is 0 Å². The lowest BCUT2D eigenvalue weighted by Crippen LogP contribution is -1.85. The van der Waals surface area contributed by atoms with Crippen LogP contribution in [0.5, 0.6) is 5.75 Å². The van der Waals surface area contributed by atoms with Crippen molar-refractivity contribution in [3.8, 4) is 28.7 Å². The van der Waals surface area contributed by atoms with Crippen molar-refractivity contribution in [1.82, 2.24) is 0 Å². The summed E-state index contributed by atoms with van der Waals surface area (Å²) in [5.74, 6) is 6.81. The number of rotatable bonds is 1. The molecule has 0 saturated heterocycles. The summed E-state index contributed by atoms with van der Waals surface area (Å²) in [5.41, 5.74) is 4.24. The molecule has 4 aromatic rings. The van der Waals surface area contributed by atoms with Gasteiger partial charge in [0.2, 0.25) is 0 Å². The van der Waals surface area contributed by atoms with Gasteiger partial charge in [0, 0.05) is 11.1 Å². The highest BCUT2D eigenvalue weighted by molar-refractivity contribution is 5.89. The molecule has 1 nitrogen and oxygen atoms in total. The van der Waals surface area contributed by atoms with Crippen LogP contribution >= 0.6 is 0 Å². The molecule has 0 spiro atoms. The zero-order valence-corrected chi connectivity index (χ0v) is 13.6. The minimum Gasteiger partial charge on any atom is -0.508 e. The first-order chi connectivity index (χ1) is 12.3. The number of benzene rings is 4. The van der Waals surface area contributed by atoms with Crippen LogP contribution < -0.4 is 0 Å². The molecule has 0 unspecified atom stereocenters. The van der Waals surface area contributed by atoms with Crippen LogP contribution in [0.2, 0.25) is 0 Å². The predicted octanol–water partition coefficient (Wildman–Crippen LogP) is 5.61. The Morgan fingerprint density at radius 1 is 0.600 bits per heavy atom. The fourth-order valence-electron chi connectivity index (χ4n) is 2.91. The van der Waals surface area contributed by atoms with Gasteiger partial charge in [-0.2, -0.15) is 0 Å². The van der Waals surface area contributed by atoms with Crippen LogP contribution in [0.4, 0.5) is 0 Å². The van der Waals surface area contributed by atoms with Crippen molar-refractivity contribution < 1.29 is 5.11 Å². The Morgan fingerprint density at radius 3 is 2.20 bits per heavy atom. The van der Waals surface area contributed by atoms with E-state index >= 15 is 0 Å². The molecule has 0 bridgehead atoms. The second kappa shape index (κ2) is 6.55. The summed E-state index contributed by atoms with van der Waals surface area (Å²) < 4.78 is 0. The van der Waals surface area contributed by atoms with Crippen LogP contribution in [0.1, 0.15) is 11.1 Å². The molecule has 0 fully saturated rings. The largest absolute Gasteiger partial charge is 0.508 e. The molecule has 0 amide bonds. The Balaban J connectivity index is 1.79. The highest BCUT2D eigenvalue weighted by Crippen LogP contribution is 2.28. The van der Waals surface area contributed by atoms with E-state index in [1.165, 1.54) is 0 Å². The molecule has 1 heteroatoms. The van der Waals surface area contributed by atoms with Gasteiger partial charge in [-0.15, -0.1) is 0 Å². The molecule has 0 aliphatic rings.